The van der Waals surface area contributed by atoms with Crippen LogP contribution in [-0.4, -0.2) is 84.5 Å². The number of rotatable bonds is 12. The number of hydrogen-bond donors (Lipinski definition) is 6. The van der Waals surface area contributed by atoms with Gasteiger partial charge in [-0.05, 0) is 101 Å². The summed E-state index contributed by atoms with van der Waals surface area (Å²) < 4.78 is 71.7. The third-order valence-electron chi connectivity index (χ3n) is 10.7. The van der Waals surface area contributed by atoms with Crippen LogP contribution in [0.25, 0.3) is 22.8 Å². The van der Waals surface area contributed by atoms with E-state index in [0.717, 1.165) is 73.3 Å². The molecule has 21 nitrogen and oxygen atoms in total. The molecule has 3 aromatic heterocycles. The minimum absolute atomic E-state index is 0.196. The highest BCUT2D eigenvalue weighted by atomic mass is 32.2. The maximum absolute atomic E-state index is 11.7. The number of azo groups is 1. The first kappa shape index (κ1) is 48.8. The van der Waals surface area contributed by atoms with Gasteiger partial charge in [0.1, 0.15) is 5.69 Å². The van der Waals surface area contributed by atoms with Crippen molar-refractivity contribution in [1.29, 1.82) is 0 Å². The standard InChI is InChI=1S/C35H38N12O3S3.C8H7N3O3S2/c1-4-46(5-2)22-14-16-28(43-44-35-39-31(45-52-35)21-9-7-12-26(17-21)53(48,49)50)30(19-22)38-33-40-32-37-29-20-24(13-15-27(29)36)47(6-3)23-10-8-11-25(18-23)51-34(41-32)42-33;9-8-10-7(11-15-8)5-2-1-3-6(4-5)16(12,13)14/h7,9-10,12-17,19-20,25H,4-6,8,11,18,36H2,1-3H3,(H,48,49,50)(H2,37,38,40,41,42);1-4H,(H2,9,10,11)(H,12,13,14). The Bertz CT molecular complexity index is 3290. The summed E-state index contributed by atoms with van der Waals surface area (Å²) in [6.45, 7) is 8.78. The van der Waals surface area contributed by atoms with Gasteiger partial charge in [0.2, 0.25) is 17.0 Å². The summed E-state index contributed by atoms with van der Waals surface area (Å²) >= 11 is 3.66. The maximum Gasteiger partial charge on any atom is 0.294 e. The second-order valence-corrected chi connectivity index (χ2v) is 20.8. The van der Waals surface area contributed by atoms with Gasteiger partial charge in [-0.25, -0.2) is 0 Å². The maximum atomic E-state index is 11.7. The predicted molar refractivity (Wildman–Crippen MR) is 271 cm³/mol. The monoisotopic (exact) mass is 1030 g/mol. The number of nitrogens with one attached hydrogen (secondary N) is 2. The number of nitrogen functional groups attached to an aromatic ring is 2. The molecular formula is C43H45N15O6S5. The van der Waals surface area contributed by atoms with E-state index in [1.807, 2.05) is 36.4 Å². The van der Waals surface area contributed by atoms with E-state index in [1.165, 1.54) is 42.1 Å². The first-order valence-corrected chi connectivity index (χ1v) is 26.6. The van der Waals surface area contributed by atoms with Crippen molar-refractivity contribution in [1.82, 2.24) is 33.7 Å². The average molecular weight is 1030 g/mol. The minimum Gasteiger partial charge on any atom is -0.397 e. The molecule has 1 aliphatic heterocycles. The summed E-state index contributed by atoms with van der Waals surface area (Å²) in [5, 5.41) is 17.1. The number of aromatic nitrogens is 7. The Morgan fingerprint density at radius 2 is 1.51 bits per heavy atom. The normalized spacial score (nSPS) is 14.7. The number of anilines is 8. The predicted octanol–water partition coefficient (Wildman–Crippen LogP) is 9.37. The van der Waals surface area contributed by atoms with E-state index in [4.69, 9.17) is 31.0 Å². The van der Waals surface area contributed by atoms with Crippen molar-refractivity contribution >= 4 is 111 Å². The van der Waals surface area contributed by atoms with Gasteiger partial charge >= 0.3 is 0 Å². The van der Waals surface area contributed by atoms with Crippen molar-refractivity contribution in [3.8, 4) is 22.8 Å². The van der Waals surface area contributed by atoms with Gasteiger partial charge in [-0.2, -0.15) is 50.5 Å². The van der Waals surface area contributed by atoms with Crippen LogP contribution in [0.1, 0.15) is 40.0 Å². The third kappa shape index (κ3) is 12.0. The van der Waals surface area contributed by atoms with Gasteiger partial charge in [0.15, 0.2) is 21.9 Å². The van der Waals surface area contributed by atoms with Crippen LogP contribution in [0.4, 0.5) is 56.3 Å². The van der Waals surface area contributed by atoms with Gasteiger partial charge in [0, 0.05) is 76.1 Å². The molecule has 1 unspecified atom stereocenters. The molecule has 2 aliphatic rings. The van der Waals surface area contributed by atoms with E-state index in [2.05, 4.69) is 76.2 Å². The zero-order chi connectivity index (χ0) is 48.9. The summed E-state index contributed by atoms with van der Waals surface area (Å²) in [6.07, 6.45) is 5.17. The van der Waals surface area contributed by atoms with E-state index in [0.29, 0.717) is 61.9 Å². The molecule has 6 bridgehead atoms. The average Bonchev–Trinajstić information content (AvgIpc) is 3.99. The largest absolute Gasteiger partial charge is 0.397 e. The Labute approximate surface area is 410 Å². The topological polar surface area (TPSA) is 306 Å². The molecule has 69 heavy (non-hydrogen) atoms. The van der Waals surface area contributed by atoms with Gasteiger partial charge in [-0.3, -0.25) is 9.11 Å². The highest BCUT2D eigenvalue weighted by Gasteiger charge is 2.25. The molecule has 0 spiro atoms. The molecule has 8 N–H and O–H groups in total. The molecular weight excluding hydrogens is 983 g/mol. The van der Waals surface area contributed by atoms with Gasteiger partial charge < -0.3 is 31.9 Å². The Morgan fingerprint density at radius 3 is 2.16 bits per heavy atom. The molecule has 0 amide bonds. The summed E-state index contributed by atoms with van der Waals surface area (Å²) in [5.74, 6) is 1.27. The first-order valence-electron chi connectivity index (χ1n) is 21.3. The lowest BCUT2D eigenvalue weighted by atomic mass is 10.0. The second kappa shape index (κ2) is 20.9. The molecule has 0 fully saturated rings. The summed E-state index contributed by atoms with van der Waals surface area (Å²) in [7, 11) is -8.59. The quantitative estimate of drug-likeness (QED) is 0.0377. The van der Waals surface area contributed by atoms with Crippen LogP contribution in [0.5, 0.6) is 0 Å². The molecule has 26 heteroatoms. The summed E-state index contributed by atoms with van der Waals surface area (Å²) in [5.41, 5.74) is 18.4. The Kier molecular flexibility index (Phi) is 14.8. The van der Waals surface area contributed by atoms with Crippen LogP contribution in [0.15, 0.2) is 122 Å². The van der Waals surface area contributed by atoms with E-state index >= 15 is 0 Å². The SMILES string of the molecule is CCN(CC)c1ccc(N=Nc2nc(-c3cccc(S(=O)(=O)O)c3)ns2)c(Nc2nc3nc(n2)SC2CCC=C(C2)N(CC)c2ccc(N)c(c2)N3)c1.Nc1nc(-c2cccc(S(=O)(=O)O)c2)ns1. The van der Waals surface area contributed by atoms with Crippen LogP contribution >= 0.6 is 34.8 Å². The fraction of sp³-hybridized carbons (Fsp3) is 0.233. The third-order valence-corrected chi connectivity index (χ3v) is 14.7. The first-order chi connectivity index (χ1) is 33.1. The summed E-state index contributed by atoms with van der Waals surface area (Å²) in [4.78, 5) is 26.9. The summed E-state index contributed by atoms with van der Waals surface area (Å²) in [6, 6.07) is 23.3. The van der Waals surface area contributed by atoms with E-state index in [-0.39, 0.29) is 26.0 Å². The van der Waals surface area contributed by atoms with Crippen molar-refractivity contribution in [3.63, 3.8) is 0 Å². The Morgan fingerprint density at radius 1 is 0.812 bits per heavy atom. The highest BCUT2D eigenvalue weighted by Crippen LogP contribution is 2.40. The molecule has 1 aliphatic carbocycles. The molecule has 1 atom stereocenters. The minimum atomic E-state index is -4.38. The molecule has 0 saturated carbocycles. The van der Waals surface area contributed by atoms with Gasteiger partial charge in [0.25, 0.3) is 20.2 Å². The molecule has 358 valence electrons. The van der Waals surface area contributed by atoms with Gasteiger partial charge in [0.05, 0.1) is 26.9 Å². The number of benzene rings is 4. The van der Waals surface area contributed by atoms with Crippen LogP contribution in [-0.2, 0) is 20.2 Å². The number of nitrogens with two attached hydrogens (primary N) is 2. The zero-order valence-electron chi connectivity index (χ0n) is 37.1. The number of hydrogen-bond acceptors (Lipinski definition) is 22. The smallest absolute Gasteiger partial charge is 0.294 e. The number of allylic oxidation sites excluding steroid dienone is 2. The van der Waals surface area contributed by atoms with E-state index < -0.39 is 20.2 Å². The lowest BCUT2D eigenvalue weighted by Crippen LogP contribution is -2.27. The van der Waals surface area contributed by atoms with Crippen LogP contribution in [0.2, 0.25) is 0 Å². The Balaban J connectivity index is 0.000000338. The van der Waals surface area contributed by atoms with Crippen LogP contribution in [0.3, 0.4) is 0 Å². The van der Waals surface area contributed by atoms with E-state index in [1.54, 1.807) is 23.9 Å². The van der Waals surface area contributed by atoms with Crippen molar-refractivity contribution < 1.29 is 25.9 Å². The molecule has 9 rings (SSSR count). The van der Waals surface area contributed by atoms with Gasteiger partial charge in [-0.15, -0.1) is 10.2 Å². The molecule has 0 radical (unpaired) electrons. The lowest BCUT2D eigenvalue weighted by Gasteiger charge is -2.32. The molecule has 4 aromatic carbocycles. The molecule has 4 heterocycles. The number of nitrogens with zero attached hydrogens (tertiary/aromatic N) is 11. The number of thioether (sulfide) groups is 1. The number of fused-ring (bicyclic) bond motifs is 6. The van der Waals surface area contributed by atoms with Crippen LogP contribution in [0, 0.1) is 0 Å². The van der Waals surface area contributed by atoms with Crippen molar-refractivity contribution in [3.05, 3.63) is 96.7 Å². The van der Waals surface area contributed by atoms with Gasteiger partial charge in [-0.1, -0.05) is 42.1 Å². The Hall–Kier alpha value is -6.68. The lowest BCUT2D eigenvalue weighted by molar-refractivity contribution is 0.481. The molecule has 0 saturated heterocycles. The van der Waals surface area contributed by atoms with Crippen molar-refractivity contribution in [2.75, 3.05) is 51.5 Å². The zero-order valence-corrected chi connectivity index (χ0v) is 41.2. The molecule has 7 aromatic rings. The van der Waals surface area contributed by atoms with Crippen molar-refractivity contribution in [2.45, 2.75) is 60.2 Å². The van der Waals surface area contributed by atoms with E-state index in [9.17, 15) is 21.4 Å². The fourth-order valence-corrected chi connectivity index (χ4v) is 10.5. The van der Waals surface area contributed by atoms with Crippen molar-refractivity contribution in [2.24, 2.45) is 10.2 Å². The fourth-order valence-electron chi connectivity index (χ4n) is 7.37. The highest BCUT2D eigenvalue weighted by molar-refractivity contribution is 7.99. The second-order valence-electron chi connectivity index (χ2n) is 15.2. The van der Waals surface area contributed by atoms with Crippen LogP contribution < -0.4 is 31.9 Å².